The summed E-state index contributed by atoms with van der Waals surface area (Å²) >= 11 is 0. The van der Waals surface area contributed by atoms with E-state index in [9.17, 15) is 9.18 Å². The summed E-state index contributed by atoms with van der Waals surface area (Å²) < 4.78 is 26.3. The minimum atomic E-state index is -0.492. The Labute approximate surface area is 200 Å². The number of fused-ring (bicyclic) bond motifs is 1. The quantitative estimate of drug-likeness (QED) is 0.328. The number of imidazole rings is 1. The number of nitrogens with zero attached hydrogens (tertiary/aromatic N) is 3. The monoisotopic (exact) mass is 468 g/mol. The average molecular weight is 468 g/mol. The average Bonchev–Trinajstić information content (AvgIpc) is 3.30. The number of carbonyl (C=O) groups is 1. The van der Waals surface area contributed by atoms with Crippen LogP contribution in [0.4, 0.5) is 4.39 Å². The first-order valence-electron chi connectivity index (χ1n) is 10.8. The Morgan fingerprint density at radius 1 is 0.886 bits per heavy atom. The van der Waals surface area contributed by atoms with Gasteiger partial charge in [-0.05, 0) is 48.5 Å². The lowest BCUT2D eigenvalue weighted by atomic mass is 10.2. The van der Waals surface area contributed by atoms with Crippen LogP contribution in [0.15, 0.2) is 85.1 Å². The summed E-state index contributed by atoms with van der Waals surface area (Å²) in [7, 11) is 3.39. The maximum atomic E-state index is 14.3. The Balaban J connectivity index is 1.54. The van der Waals surface area contributed by atoms with Gasteiger partial charge >= 0.3 is 0 Å². The van der Waals surface area contributed by atoms with Crippen molar-refractivity contribution in [2.45, 2.75) is 0 Å². The van der Waals surface area contributed by atoms with Crippen molar-refractivity contribution < 1.29 is 18.7 Å². The van der Waals surface area contributed by atoms with Gasteiger partial charge in [0, 0.05) is 38.0 Å². The van der Waals surface area contributed by atoms with E-state index < -0.39 is 5.82 Å². The van der Waals surface area contributed by atoms with Gasteiger partial charge in [-0.1, -0.05) is 18.2 Å². The Hall–Kier alpha value is -4.72. The van der Waals surface area contributed by atoms with Crippen LogP contribution in [-0.2, 0) is 0 Å². The lowest BCUT2D eigenvalue weighted by Crippen LogP contribution is -2.21. The van der Waals surface area contributed by atoms with E-state index in [-0.39, 0.29) is 11.7 Å². The van der Waals surface area contributed by atoms with Crippen LogP contribution in [0.5, 0.6) is 23.0 Å². The zero-order valence-corrected chi connectivity index (χ0v) is 19.0. The van der Waals surface area contributed by atoms with E-state index in [4.69, 9.17) is 9.47 Å². The van der Waals surface area contributed by atoms with Gasteiger partial charge in [0.05, 0.1) is 5.52 Å². The van der Waals surface area contributed by atoms with Crippen LogP contribution < -0.4 is 9.47 Å². The van der Waals surface area contributed by atoms with Crippen LogP contribution >= 0.6 is 0 Å². The number of hydrogen-bond donors (Lipinski definition) is 1. The third-order valence-electron chi connectivity index (χ3n) is 5.23. The van der Waals surface area contributed by atoms with Gasteiger partial charge in [0.1, 0.15) is 22.7 Å². The highest BCUT2D eigenvalue weighted by molar-refractivity contribution is 5.94. The van der Waals surface area contributed by atoms with Crippen molar-refractivity contribution in [3.8, 4) is 34.5 Å². The molecule has 5 rings (SSSR count). The summed E-state index contributed by atoms with van der Waals surface area (Å²) in [4.78, 5) is 25.9. The molecule has 1 amide bonds. The smallest absolute Gasteiger partial charge is 0.253 e. The highest BCUT2D eigenvalue weighted by Gasteiger charge is 2.16. The van der Waals surface area contributed by atoms with Gasteiger partial charge in [-0.15, -0.1) is 0 Å². The lowest BCUT2D eigenvalue weighted by molar-refractivity contribution is 0.0827. The number of nitrogens with one attached hydrogen (secondary N) is 1. The molecule has 0 saturated heterocycles. The molecular formula is C27H21FN4O3. The molecule has 0 radical (unpaired) electrons. The Bertz CT molecular complexity index is 1500. The Morgan fingerprint density at radius 3 is 2.37 bits per heavy atom. The molecule has 0 bridgehead atoms. The van der Waals surface area contributed by atoms with Crippen molar-refractivity contribution >= 4 is 16.9 Å². The standard InChI is InChI=1S/C27H21FN4O3/c1-32(2)27(33)17-10-12-18(13-11-17)34-19-15-22-25(31-26(30-22)21-8-5-6-14-29-21)24(16-19)35-23-9-4-3-7-20(23)28/h3-16H,1-2H3,(H,30,31). The molecule has 2 heterocycles. The van der Waals surface area contributed by atoms with Gasteiger partial charge in [-0.3, -0.25) is 9.78 Å². The fourth-order valence-corrected chi connectivity index (χ4v) is 3.53. The number of carbonyl (C=O) groups excluding carboxylic acids is 1. The van der Waals surface area contributed by atoms with Crippen LogP contribution in [0.3, 0.4) is 0 Å². The molecule has 2 aromatic heterocycles. The Morgan fingerprint density at radius 2 is 1.66 bits per heavy atom. The predicted octanol–water partition coefficient (Wildman–Crippen LogP) is 6.05. The number of halogens is 1. The molecule has 0 unspecified atom stereocenters. The molecule has 0 aliphatic heterocycles. The summed E-state index contributed by atoms with van der Waals surface area (Å²) in [5.41, 5.74) is 2.35. The van der Waals surface area contributed by atoms with Crippen molar-refractivity contribution in [3.05, 3.63) is 96.4 Å². The highest BCUT2D eigenvalue weighted by Crippen LogP contribution is 2.37. The van der Waals surface area contributed by atoms with Gasteiger partial charge in [-0.2, -0.15) is 0 Å². The van der Waals surface area contributed by atoms with E-state index in [0.717, 1.165) is 0 Å². The number of aromatic amines is 1. The molecule has 0 fully saturated rings. The van der Waals surface area contributed by atoms with Crippen LogP contribution in [0.1, 0.15) is 10.4 Å². The molecule has 0 aliphatic rings. The summed E-state index contributed by atoms with van der Waals surface area (Å²) in [5.74, 6) is 1.32. The topological polar surface area (TPSA) is 80.3 Å². The molecule has 0 atom stereocenters. The van der Waals surface area contributed by atoms with E-state index in [2.05, 4.69) is 15.0 Å². The third kappa shape index (κ3) is 4.67. The molecule has 8 heteroatoms. The van der Waals surface area contributed by atoms with Gasteiger partial charge in [0.25, 0.3) is 5.91 Å². The molecule has 1 N–H and O–H groups in total. The fourth-order valence-electron chi connectivity index (χ4n) is 3.53. The molecule has 174 valence electrons. The van der Waals surface area contributed by atoms with E-state index in [1.807, 2.05) is 18.2 Å². The first-order valence-corrected chi connectivity index (χ1v) is 10.8. The van der Waals surface area contributed by atoms with E-state index >= 15 is 0 Å². The van der Waals surface area contributed by atoms with Gasteiger partial charge in [0.2, 0.25) is 0 Å². The first-order chi connectivity index (χ1) is 17.0. The van der Waals surface area contributed by atoms with Crippen molar-refractivity contribution in [2.75, 3.05) is 14.1 Å². The number of para-hydroxylation sites is 1. The van der Waals surface area contributed by atoms with Crippen LogP contribution in [0.25, 0.3) is 22.6 Å². The minimum Gasteiger partial charge on any atom is -0.457 e. The van der Waals surface area contributed by atoms with Gasteiger partial charge in [-0.25, -0.2) is 9.37 Å². The molecule has 35 heavy (non-hydrogen) atoms. The van der Waals surface area contributed by atoms with Crippen LogP contribution in [-0.4, -0.2) is 39.9 Å². The van der Waals surface area contributed by atoms with Crippen LogP contribution in [0.2, 0.25) is 0 Å². The number of benzene rings is 3. The normalized spacial score (nSPS) is 10.8. The predicted molar refractivity (Wildman–Crippen MR) is 130 cm³/mol. The molecule has 7 nitrogen and oxygen atoms in total. The zero-order chi connectivity index (χ0) is 24.4. The zero-order valence-electron chi connectivity index (χ0n) is 19.0. The summed E-state index contributed by atoms with van der Waals surface area (Å²) in [6.07, 6.45) is 1.68. The van der Waals surface area contributed by atoms with Crippen molar-refractivity contribution in [1.82, 2.24) is 19.9 Å². The van der Waals surface area contributed by atoms with Crippen molar-refractivity contribution in [1.29, 1.82) is 0 Å². The summed E-state index contributed by atoms with van der Waals surface area (Å²) in [6, 6.07) is 21.9. The van der Waals surface area contributed by atoms with Gasteiger partial charge < -0.3 is 19.4 Å². The maximum absolute atomic E-state index is 14.3. The molecular weight excluding hydrogens is 447 g/mol. The largest absolute Gasteiger partial charge is 0.457 e. The van der Waals surface area contributed by atoms with E-state index in [1.54, 1.807) is 74.9 Å². The number of aromatic nitrogens is 3. The number of pyridine rings is 1. The second kappa shape index (κ2) is 9.26. The number of ether oxygens (including phenoxy) is 2. The lowest BCUT2D eigenvalue weighted by Gasteiger charge is -2.12. The minimum absolute atomic E-state index is 0.0693. The Kier molecular flexibility index (Phi) is 5.85. The second-order valence-corrected chi connectivity index (χ2v) is 7.98. The van der Waals surface area contributed by atoms with Crippen molar-refractivity contribution in [2.24, 2.45) is 0 Å². The maximum Gasteiger partial charge on any atom is 0.253 e. The molecule has 0 aliphatic carbocycles. The SMILES string of the molecule is CN(C)C(=O)c1ccc(Oc2cc(Oc3ccccc3F)c3nc(-c4ccccn4)[nH]c3c2)cc1. The fraction of sp³-hybridized carbons (Fsp3) is 0.0741. The second-order valence-electron chi connectivity index (χ2n) is 7.98. The number of hydrogen-bond acceptors (Lipinski definition) is 5. The molecule has 5 aromatic rings. The van der Waals surface area contributed by atoms with E-state index in [1.165, 1.54) is 11.0 Å². The highest BCUT2D eigenvalue weighted by atomic mass is 19.1. The van der Waals surface area contributed by atoms with E-state index in [0.29, 0.717) is 45.4 Å². The number of H-pyrrole nitrogens is 1. The first kappa shape index (κ1) is 22.1. The molecule has 3 aromatic carbocycles. The van der Waals surface area contributed by atoms with Crippen LogP contribution in [0, 0.1) is 5.82 Å². The number of rotatable bonds is 6. The molecule has 0 spiro atoms. The summed E-state index contributed by atoms with van der Waals surface area (Å²) in [6.45, 7) is 0. The van der Waals surface area contributed by atoms with Gasteiger partial charge in [0.15, 0.2) is 23.1 Å². The molecule has 0 saturated carbocycles. The summed E-state index contributed by atoms with van der Waals surface area (Å²) in [5, 5.41) is 0. The number of amides is 1. The van der Waals surface area contributed by atoms with Crippen molar-refractivity contribution in [3.63, 3.8) is 0 Å². The third-order valence-corrected chi connectivity index (χ3v) is 5.23.